The van der Waals surface area contributed by atoms with Crippen LogP contribution in [0.4, 0.5) is 0 Å². The lowest BCUT2D eigenvalue weighted by molar-refractivity contribution is -0.123. The average molecular weight is 222 g/mol. The zero-order chi connectivity index (χ0) is 11.4. The highest BCUT2D eigenvalue weighted by Crippen LogP contribution is 2.21. The van der Waals surface area contributed by atoms with Crippen LogP contribution in [0.5, 0.6) is 0 Å². The molecule has 2 saturated carbocycles. The number of carbonyl (C=O) groups excluding carboxylic acids is 2. The van der Waals surface area contributed by atoms with Crippen LogP contribution in [0.25, 0.3) is 0 Å². The first-order valence-electron chi connectivity index (χ1n) is 6.23. The normalized spacial score (nSPS) is 32.2. The number of ketones is 2. The summed E-state index contributed by atoms with van der Waals surface area (Å²) in [5.74, 6) is 0.386. The topological polar surface area (TPSA) is 58.9 Å². The van der Waals surface area contributed by atoms with E-state index in [1.807, 2.05) is 0 Å². The summed E-state index contributed by atoms with van der Waals surface area (Å²) in [5.41, 5.74) is 0. The minimum atomic E-state index is -0.261. The Morgan fingerprint density at radius 2 is 1.19 bits per heavy atom. The van der Waals surface area contributed by atoms with Crippen molar-refractivity contribution in [3.05, 3.63) is 0 Å². The molecule has 2 aliphatic rings. The summed E-state index contributed by atoms with van der Waals surface area (Å²) in [4.78, 5) is 23.0. The van der Waals surface area contributed by atoms with Gasteiger partial charge in [-0.1, -0.05) is 12.8 Å². The number of hydrogen-bond acceptors (Lipinski definition) is 4. The van der Waals surface area contributed by atoms with Gasteiger partial charge in [-0.3, -0.25) is 9.59 Å². The highest BCUT2D eigenvalue weighted by atomic mass is 16.1. The third-order valence-corrected chi connectivity index (χ3v) is 3.39. The van der Waals surface area contributed by atoms with Crippen LogP contribution in [0, 0.1) is 0 Å². The molecule has 2 unspecified atom stereocenters. The largest absolute Gasteiger partial charge is 0.297 e. The molecule has 16 heavy (non-hydrogen) atoms. The van der Waals surface area contributed by atoms with Crippen molar-refractivity contribution in [1.29, 1.82) is 0 Å². The van der Waals surface area contributed by atoms with Crippen LogP contribution in [0.2, 0.25) is 0 Å². The standard InChI is InChI=1S/C12H18N2O2/c15-11-7-3-1-5-9(11)13-14-10-6-2-4-8-12(10)16/h9-10H,1-8H2. The van der Waals surface area contributed by atoms with E-state index in [4.69, 9.17) is 0 Å². The molecule has 2 atom stereocenters. The summed E-state index contributed by atoms with van der Waals surface area (Å²) in [6.45, 7) is 0. The molecule has 0 aromatic heterocycles. The fourth-order valence-corrected chi connectivity index (χ4v) is 2.33. The Bertz CT molecular complexity index is 282. The van der Waals surface area contributed by atoms with Crippen LogP contribution in [-0.2, 0) is 9.59 Å². The van der Waals surface area contributed by atoms with Crippen LogP contribution in [-0.4, -0.2) is 23.7 Å². The minimum Gasteiger partial charge on any atom is -0.297 e. The maximum absolute atomic E-state index is 11.5. The van der Waals surface area contributed by atoms with Gasteiger partial charge in [0.1, 0.15) is 12.1 Å². The fraction of sp³-hybridized carbons (Fsp3) is 0.833. The highest BCUT2D eigenvalue weighted by Gasteiger charge is 2.24. The second-order valence-corrected chi connectivity index (χ2v) is 4.69. The van der Waals surface area contributed by atoms with E-state index in [-0.39, 0.29) is 23.7 Å². The minimum absolute atomic E-state index is 0.193. The number of Topliss-reactive ketones (excluding diaryl/α,β-unsaturated/α-hetero) is 2. The molecule has 2 aliphatic carbocycles. The molecular formula is C12H18N2O2. The molecule has 4 heteroatoms. The first kappa shape index (κ1) is 11.4. The predicted octanol–water partition coefficient (Wildman–Crippen LogP) is 2.46. The first-order valence-corrected chi connectivity index (χ1v) is 6.23. The molecule has 2 fully saturated rings. The van der Waals surface area contributed by atoms with Gasteiger partial charge in [0.2, 0.25) is 0 Å². The Hall–Kier alpha value is -1.06. The maximum Gasteiger partial charge on any atom is 0.159 e. The maximum atomic E-state index is 11.5. The summed E-state index contributed by atoms with van der Waals surface area (Å²) in [6.07, 6.45) is 6.93. The van der Waals surface area contributed by atoms with Gasteiger partial charge in [-0.15, -0.1) is 0 Å². The quantitative estimate of drug-likeness (QED) is 0.674. The molecule has 0 aromatic carbocycles. The van der Waals surface area contributed by atoms with Gasteiger partial charge in [0.15, 0.2) is 11.6 Å². The van der Waals surface area contributed by atoms with Gasteiger partial charge in [0.05, 0.1) is 0 Å². The Labute approximate surface area is 95.5 Å². The smallest absolute Gasteiger partial charge is 0.159 e. The second-order valence-electron chi connectivity index (χ2n) is 4.69. The summed E-state index contributed by atoms with van der Waals surface area (Å²) in [5, 5.41) is 8.19. The molecule has 0 aromatic rings. The van der Waals surface area contributed by atoms with E-state index in [2.05, 4.69) is 10.2 Å². The molecule has 0 aliphatic heterocycles. The number of hydrogen-bond donors (Lipinski definition) is 0. The Morgan fingerprint density at radius 3 is 1.56 bits per heavy atom. The molecule has 0 radical (unpaired) electrons. The lowest BCUT2D eigenvalue weighted by atomic mass is 9.94. The number of rotatable bonds is 2. The first-order chi connectivity index (χ1) is 7.77. The van der Waals surface area contributed by atoms with Crippen molar-refractivity contribution in [3.8, 4) is 0 Å². The molecule has 0 spiro atoms. The Morgan fingerprint density at radius 1 is 0.750 bits per heavy atom. The number of carbonyl (C=O) groups is 2. The van der Waals surface area contributed by atoms with E-state index >= 15 is 0 Å². The van der Waals surface area contributed by atoms with Gasteiger partial charge in [-0.25, -0.2) is 0 Å². The van der Waals surface area contributed by atoms with Crippen molar-refractivity contribution in [2.45, 2.75) is 63.5 Å². The highest BCUT2D eigenvalue weighted by molar-refractivity contribution is 5.85. The number of azo groups is 1. The van der Waals surface area contributed by atoms with Crippen molar-refractivity contribution in [2.24, 2.45) is 10.2 Å². The van der Waals surface area contributed by atoms with Gasteiger partial charge in [0, 0.05) is 12.8 Å². The molecule has 4 nitrogen and oxygen atoms in total. The monoisotopic (exact) mass is 222 g/mol. The van der Waals surface area contributed by atoms with Crippen LogP contribution in [0.15, 0.2) is 10.2 Å². The van der Waals surface area contributed by atoms with Crippen LogP contribution in [0.3, 0.4) is 0 Å². The number of nitrogens with zero attached hydrogens (tertiary/aromatic N) is 2. The van der Waals surface area contributed by atoms with E-state index in [0.29, 0.717) is 12.8 Å². The summed E-state index contributed by atoms with van der Waals surface area (Å²) in [6, 6.07) is -0.521. The Kier molecular flexibility index (Phi) is 3.80. The van der Waals surface area contributed by atoms with Crippen LogP contribution in [0.1, 0.15) is 51.4 Å². The second kappa shape index (κ2) is 5.32. The van der Waals surface area contributed by atoms with Crippen molar-refractivity contribution >= 4 is 11.6 Å². The fourth-order valence-electron chi connectivity index (χ4n) is 2.33. The van der Waals surface area contributed by atoms with Gasteiger partial charge in [0.25, 0.3) is 0 Å². The van der Waals surface area contributed by atoms with Gasteiger partial charge >= 0.3 is 0 Å². The molecule has 0 saturated heterocycles. The Balaban J connectivity index is 1.91. The van der Waals surface area contributed by atoms with Crippen molar-refractivity contribution in [2.75, 3.05) is 0 Å². The molecule has 2 rings (SSSR count). The molecule has 0 N–H and O–H groups in total. The van der Waals surface area contributed by atoms with E-state index in [9.17, 15) is 9.59 Å². The third kappa shape index (κ3) is 2.74. The zero-order valence-electron chi connectivity index (χ0n) is 9.52. The van der Waals surface area contributed by atoms with Crippen LogP contribution >= 0.6 is 0 Å². The molecule has 0 amide bonds. The predicted molar refractivity (Wildman–Crippen MR) is 59.4 cm³/mol. The summed E-state index contributed by atoms with van der Waals surface area (Å²) >= 11 is 0. The summed E-state index contributed by atoms with van der Waals surface area (Å²) < 4.78 is 0. The van der Waals surface area contributed by atoms with Gasteiger partial charge in [-0.2, -0.15) is 10.2 Å². The van der Waals surface area contributed by atoms with Crippen molar-refractivity contribution in [1.82, 2.24) is 0 Å². The van der Waals surface area contributed by atoms with Crippen molar-refractivity contribution in [3.63, 3.8) is 0 Å². The third-order valence-electron chi connectivity index (χ3n) is 3.39. The van der Waals surface area contributed by atoms with Gasteiger partial charge < -0.3 is 0 Å². The lowest BCUT2D eigenvalue weighted by Gasteiger charge is -2.18. The van der Waals surface area contributed by atoms with E-state index < -0.39 is 0 Å². The molecule has 0 heterocycles. The van der Waals surface area contributed by atoms with Crippen molar-refractivity contribution < 1.29 is 9.59 Å². The van der Waals surface area contributed by atoms with Crippen LogP contribution < -0.4 is 0 Å². The lowest BCUT2D eigenvalue weighted by Crippen LogP contribution is -2.25. The van der Waals surface area contributed by atoms with E-state index in [1.165, 1.54) is 0 Å². The molecule has 0 bridgehead atoms. The van der Waals surface area contributed by atoms with E-state index in [0.717, 1.165) is 38.5 Å². The molecular weight excluding hydrogens is 204 g/mol. The average Bonchev–Trinajstić information content (AvgIpc) is 2.30. The molecule has 88 valence electrons. The zero-order valence-corrected chi connectivity index (χ0v) is 9.52. The SMILES string of the molecule is O=C1CCCCC1N=NC1CCCCC1=O. The van der Waals surface area contributed by atoms with E-state index in [1.54, 1.807) is 0 Å². The summed E-state index contributed by atoms with van der Waals surface area (Å²) in [7, 11) is 0. The van der Waals surface area contributed by atoms with Gasteiger partial charge in [-0.05, 0) is 25.7 Å².